The molecule has 2 heterocycles. The van der Waals surface area contributed by atoms with Gasteiger partial charge in [0.2, 0.25) is 0 Å². The van der Waals surface area contributed by atoms with Crippen LogP contribution in [0.4, 0.5) is 22.7 Å². The Morgan fingerprint density at radius 1 is 0.295 bits per heavy atom. The molecule has 0 aromatic heterocycles. The first-order valence-electron chi connectivity index (χ1n) is 22.7. The van der Waals surface area contributed by atoms with E-state index in [0.29, 0.717) is 47.3 Å². The number of anilines is 4. The molecule has 2 aliphatic rings. The van der Waals surface area contributed by atoms with Crippen LogP contribution in [0.3, 0.4) is 0 Å². The molecule has 0 saturated carbocycles. The van der Waals surface area contributed by atoms with E-state index in [1.165, 1.54) is 67.3 Å². The quantitative estimate of drug-likeness (QED) is 0.105. The maximum Gasteiger partial charge on any atom is 1.00 e. The molecule has 5 nitrogen and oxygen atoms in total. The van der Waals surface area contributed by atoms with Crippen molar-refractivity contribution in [1.29, 1.82) is 0 Å². The van der Waals surface area contributed by atoms with E-state index in [4.69, 9.17) is 0 Å². The summed E-state index contributed by atoms with van der Waals surface area (Å²) in [6.45, 7) is 45.8. The van der Waals surface area contributed by atoms with Crippen molar-refractivity contribution in [3.63, 3.8) is 0 Å². The number of hydrogen-bond acceptors (Lipinski definition) is 4. The Morgan fingerprint density at radius 2 is 0.426 bits per heavy atom. The molecule has 7 heteroatoms. The Morgan fingerprint density at radius 3 is 0.541 bits per heavy atom. The van der Waals surface area contributed by atoms with Crippen LogP contribution in [0.1, 0.15) is 203 Å². The van der Waals surface area contributed by atoms with Crippen LogP contribution in [0, 0.1) is 13.3 Å². The van der Waals surface area contributed by atoms with Crippen molar-refractivity contribution < 1.29 is 50.2 Å². The van der Waals surface area contributed by atoms with E-state index in [-0.39, 0.29) is 50.2 Å². The summed E-state index contributed by atoms with van der Waals surface area (Å²) in [5.41, 5.74) is 17.3. The summed E-state index contributed by atoms with van der Waals surface area (Å²) in [5, 5.41) is 0. The fourth-order valence-corrected chi connectivity index (χ4v) is 9.05. The predicted octanol–water partition coefficient (Wildman–Crippen LogP) is 14.4. The fourth-order valence-electron chi connectivity index (χ4n) is 9.05. The van der Waals surface area contributed by atoms with E-state index in [1.54, 1.807) is 0 Å². The van der Waals surface area contributed by atoms with Crippen molar-refractivity contribution in [3.8, 4) is 0 Å². The molecule has 61 heavy (non-hydrogen) atoms. The monoisotopic (exact) mass is 1190 g/mol. The molecule has 0 amide bonds. The van der Waals surface area contributed by atoms with Gasteiger partial charge in [-0.25, -0.2) is 0 Å². The first-order chi connectivity index (χ1) is 27.4. The van der Waals surface area contributed by atoms with Crippen LogP contribution in [0.25, 0.3) is 0 Å². The van der Waals surface area contributed by atoms with Crippen LogP contribution < -0.4 is 19.6 Å². The summed E-state index contributed by atoms with van der Waals surface area (Å²) in [6.07, 6.45) is 0. The minimum Gasteiger partial charge on any atom is -0.502 e. The van der Waals surface area contributed by atoms with Crippen LogP contribution >= 0.6 is 0 Å². The average molecular weight is 1200 g/mol. The van der Waals surface area contributed by atoms with Crippen LogP contribution in [-0.2, 0) is 44.8 Å². The first kappa shape index (κ1) is 54.7. The molecular formula is C54H80Au2N4O. The van der Waals surface area contributed by atoms with Gasteiger partial charge in [0, 0.05) is 48.9 Å². The molecule has 0 bridgehead atoms. The zero-order valence-corrected chi connectivity index (χ0v) is 44.8. The van der Waals surface area contributed by atoms with E-state index < -0.39 is 0 Å². The molecule has 2 N–H and O–H groups in total. The van der Waals surface area contributed by atoms with Crippen molar-refractivity contribution in [3.05, 3.63) is 131 Å². The SMILES string of the molecule is CC(C)c1cccc(C(C)C)c1N1[CH-]N(c2c(C(C)C)cccc2C(C)C)CC1.CC(C)c1cccc(C(C)C)c1N1[CH-]N(c2c(C(C)C)cccc2C(C)C)CC1.O.[Au+].[Au+]. The van der Waals surface area contributed by atoms with E-state index >= 15 is 0 Å². The largest absolute Gasteiger partial charge is 1.00 e. The van der Waals surface area contributed by atoms with Gasteiger partial charge in [-0.1, -0.05) is 184 Å². The zero-order valence-electron chi connectivity index (χ0n) is 40.4. The second-order valence-electron chi connectivity index (χ2n) is 19.4. The Balaban J connectivity index is 0.000000400. The Bertz CT molecular complexity index is 1580. The third-order valence-corrected chi connectivity index (χ3v) is 12.2. The molecular weight excluding hydrogens is 1110 g/mol. The molecule has 4 aromatic carbocycles. The Hall–Kier alpha value is -2.48. The summed E-state index contributed by atoms with van der Waals surface area (Å²) in [4.78, 5) is 10.0. The van der Waals surface area contributed by atoms with Gasteiger partial charge < -0.3 is 25.1 Å². The van der Waals surface area contributed by atoms with E-state index in [0.717, 1.165) is 26.2 Å². The van der Waals surface area contributed by atoms with Crippen LogP contribution in [0.5, 0.6) is 0 Å². The third kappa shape index (κ3) is 12.4. The summed E-state index contributed by atoms with van der Waals surface area (Å²) >= 11 is 0. The summed E-state index contributed by atoms with van der Waals surface area (Å²) < 4.78 is 0. The predicted molar refractivity (Wildman–Crippen MR) is 260 cm³/mol. The van der Waals surface area contributed by atoms with Gasteiger partial charge in [-0.3, -0.25) is 0 Å². The van der Waals surface area contributed by atoms with Crippen molar-refractivity contribution in [1.82, 2.24) is 0 Å². The summed E-state index contributed by atoms with van der Waals surface area (Å²) in [5.74, 6) is 4.11. The number of para-hydroxylation sites is 4. The molecule has 2 saturated heterocycles. The molecule has 2 aliphatic heterocycles. The van der Waals surface area contributed by atoms with E-state index in [2.05, 4.69) is 217 Å². The molecule has 2 fully saturated rings. The molecule has 0 atom stereocenters. The van der Waals surface area contributed by atoms with Crippen LogP contribution in [0.15, 0.2) is 72.8 Å². The molecule has 0 radical (unpaired) electrons. The Kier molecular flexibility index (Phi) is 21.5. The third-order valence-electron chi connectivity index (χ3n) is 12.2. The molecule has 6 rings (SSSR count). The van der Waals surface area contributed by atoms with Gasteiger partial charge in [0.25, 0.3) is 0 Å². The topological polar surface area (TPSA) is 44.5 Å². The normalized spacial score (nSPS) is 14.2. The van der Waals surface area contributed by atoms with Crippen molar-refractivity contribution >= 4 is 22.7 Å². The molecule has 0 unspecified atom stereocenters. The standard InChI is InChI=1S/2C27H39N2.2Au.H2O/c2*1-18(2)22-11-9-12-23(19(3)4)26(22)28-15-16-29(17-28)27-24(20(5)6)13-10-14-25(27)21(7)8;;;/h2*9-14,17-21H,15-16H2,1-8H3;;;1H2/q2*-1;2*+1;. The maximum atomic E-state index is 2.51. The number of benzene rings is 4. The number of rotatable bonds is 12. The van der Waals surface area contributed by atoms with Crippen molar-refractivity contribution in [2.24, 2.45) is 0 Å². The van der Waals surface area contributed by atoms with Gasteiger partial charge in [0.05, 0.1) is 0 Å². The minimum atomic E-state index is 0. The van der Waals surface area contributed by atoms with Gasteiger partial charge >= 0.3 is 44.8 Å². The number of hydrogen-bond donors (Lipinski definition) is 0. The number of nitrogens with zero attached hydrogens (tertiary/aromatic N) is 4. The second kappa shape index (κ2) is 24.0. The molecule has 4 aromatic rings. The van der Waals surface area contributed by atoms with Crippen molar-refractivity contribution in [2.75, 3.05) is 45.8 Å². The van der Waals surface area contributed by atoms with E-state index in [1.807, 2.05) is 0 Å². The summed E-state index contributed by atoms with van der Waals surface area (Å²) in [6, 6.07) is 27.4. The zero-order chi connectivity index (χ0) is 42.6. The van der Waals surface area contributed by atoms with Gasteiger partial charge in [-0.2, -0.15) is 13.3 Å². The summed E-state index contributed by atoms with van der Waals surface area (Å²) in [7, 11) is 0. The molecule has 0 spiro atoms. The van der Waals surface area contributed by atoms with E-state index in [9.17, 15) is 0 Å². The molecule has 344 valence electrons. The Labute approximate surface area is 404 Å². The van der Waals surface area contributed by atoms with Gasteiger partial charge in [0.1, 0.15) is 0 Å². The maximum absolute atomic E-state index is 2.51. The van der Waals surface area contributed by atoms with Crippen molar-refractivity contribution in [2.45, 2.75) is 158 Å². The van der Waals surface area contributed by atoms with Crippen LogP contribution in [0.2, 0.25) is 0 Å². The first-order valence-corrected chi connectivity index (χ1v) is 22.7. The van der Waals surface area contributed by atoms with Gasteiger partial charge in [-0.05, 0) is 91.9 Å². The smallest absolute Gasteiger partial charge is 0.502 e. The average Bonchev–Trinajstić information content (AvgIpc) is 3.87. The second-order valence-corrected chi connectivity index (χ2v) is 19.4. The van der Waals surface area contributed by atoms with Gasteiger partial charge in [0.15, 0.2) is 0 Å². The molecule has 0 aliphatic carbocycles. The van der Waals surface area contributed by atoms with Gasteiger partial charge in [-0.15, -0.1) is 0 Å². The van der Waals surface area contributed by atoms with Crippen LogP contribution in [-0.4, -0.2) is 31.7 Å². The minimum absolute atomic E-state index is 0. The fraction of sp³-hybridized carbons (Fsp3) is 0.519.